The van der Waals surface area contributed by atoms with Gasteiger partial charge in [0, 0.05) is 19.3 Å². The molecule has 1 atom stereocenters. The van der Waals surface area contributed by atoms with E-state index in [4.69, 9.17) is 9.97 Å². The maximum absolute atomic E-state index is 9.63. The molecule has 7 nitrogen and oxygen atoms in total. The number of hydrogen-bond acceptors (Lipinski definition) is 6. The summed E-state index contributed by atoms with van der Waals surface area (Å²) in [6, 6.07) is 6.34. The van der Waals surface area contributed by atoms with E-state index in [9.17, 15) is 5.26 Å². The van der Waals surface area contributed by atoms with E-state index in [1.165, 1.54) is 31.2 Å². The number of allylic oxidation sites excluding steroid dienone is 2. The van der Waals surface area contributed by atoms with Gasteiger partial charge in [0.15, 0.2) is 17.3 Å². The first-order chi connectivity index (χ1) is 17.6. The van der Waals surface area contributed by atoms with Crippen molar-refractivity contribution in [3.63, 3.8) is 0 Å². The molecule has 3 heterocycles. The number of anilines is 1. The number of rotatable bonds is 9. The number of nitrogens with zero attached hydrogens (tertiary/aromatic N) is 6. The molecule has 0 spiro atoms. The summed E-state index contributed by atoms with van der Waals surface area (Å²) in [6.45, 7) is 8.30. The third kappa shape index (κ3) is 5.13. The van der Waals surface area contributed by atoms with Gasteiger partial charge >= 0.3 is 0 Å². The molecule has 3 aromatic heterocycles. The van der Waals surface area contributed by atoms with Gasteiger partial charge < -0.3 is 9.88 Å². The van der Waals surface area contributed by atoms with Crippen LogP contribution in [-0.2, 0) is 6.54 Å². The molecule has 2 aliphatic carbocycles. The van der Waals surface area contributed by atoms with Gasteiger partial charge in [-0.3, -0.25) is 4.98 Å². The number of hydrogen-bond donors (Lipinski definition) is 1. The monoisotopic (exact) mass is 483 g/mol. The van der Waals surface area contributed by atoms with Crippen LogP contribution < -0.4 is 5.32 Å². The van der Waals surface area contributed by atoms with Gasteiger partial charge in [-0.1, -0.05) is 51.7 Å². The molecular weight excluding hydrogens is 446 g/mol. The minimum atomic E-state index is 0.155. The van der Waals surface area contributed by atoms with Crippen molar-refractivity contribution >= 4 is 17.0 Å². The topological polar surface area (TPSA) is 92.3 Å². The lowest BCUT2D eigenvalue weighted by molar-refractivity contribution is 0.303. The highest BCUT2D eigenvalue weighted by atomic mass is 15.2. The zero-order valence-corrected chi connectivity index (χ0v) is 21.8. The van der Waals surface area contributed by atoms with Gasteiger partial charge in [-0.15, -0.1) is 0 Å². The molecule has 1 unspecified atom stereocenters. The fourth-order valence-corrected chi connectivity index (χ4v) is 5.37. The van der Waals surface area contributed by atoms with Gasteiger partial charge in [0.25, 0.3) is 0 Å². The Bertz CT molecular complexity index is 1290. The van der Waals surface area contributed by atoms with Crippen LogP contribution in [0.25, 0.3) is 22.7 Å². The second kappa shape index (κ2) is 10.8. The second-order valence-electron chi connectivity index (χ2n) is 10.7. The Morgan fingerprint density at radius 2 is 2.03 bits per heavy atom. The molecular formula is C29H37N7. The van der Waals surface area contributed by atoms with Crippen LogP contribution in [0.3, 0.4) is 0 Å². The molecule has 3 aromatic rings. The third-order valence-electron chi connectivity index (χ3n) is 7.96. The van der Waals surface area contributed by atoms with E-state index < -0.39 is 0 Å². The Morgan fingerprint density at radius 1 is 1.17 bits per heavy atom. The summed E-state index contributed by atoms with van der Waals surface area (Å²) in [6.07, 6.45) is 13.9. The fraction of sp³-hybridized carbons (Fsp3) is 0.552. The summed E-state index contributed by atoms with van der Waals surface area (Å²) in [5, 5.41) is 13.2. The minimum absolute atomic E-state index is 0.155. The smallest absolute Gasteiger partial charge is 0.236 e. The molecule has 0 bridgehead atoms. The van der Waals surface area contributed by atoms with Crippen LogP contribution in [0.4, 0.5) is 5.82 Å². The van der Waals surface area contributed by atoms with E-state index in [2.05, 4.69) is 64.9 Å². The molecule has 188 valence electrons. The number of imidazole rings is 1. The zero-order chi connectivity index (χ0) is 25.1. The SMILES string of the molecule is CCC1=CCC(Cn2c(-c3cc(C(C)C)ccn3)nc3nc(C#N)nc(NCCC4CCC4)c32)CC1. The number of nitrogens with one attached hydrogen (secondary N) is 1. The largest absolute Gasteiger partial charge is 0.368 e. The van der Waals surface area contributed by atoms with Gasteiger partial charge in [-0.25, -0.2) is 4.98 Å². The highest BCUT2D eigenvalue weighted by Crippen LogP contribution is 2.34. The predicted molar refractivity (Wildman–Crippen MR) is 144 cm³/mol. The minimum Gasteiger partial charge on any atom is -0.368 e. The molecule has 0 radical (unpaired) electrons. The first kappa shape index (κ1) is 24.4. The molecule has 5 rings (SSSR count). The summed E-state index contributed by atoms with van der Waals surface area (Å²) in [7, 11) is 0. The maximum atomic E-state index is 9.63. The van der Waals surface area contributed by atoms with Gasteiger partial charge in [0.05, 0.1) is 0 Å². The van der Waals surface area contributed by atoms with Gasteiger partial charge in [-0.05, 0) is 67.6 Å². The lowest BCUT2D eigenvalue weighted by Gasteiger charge is -2.25. The molecule has 1 saturated carbocycles. The van der Waals surface area contributed by atoms with Crippen molar-refractivity contribution < 1.29 is 0 Å². The van der Waals surface area contributed by atoms with Crippen LogP contribution >= 0.6 is 0 Å². The highest BCUT2D eigenvalue weighted by Gasteiger charge is 2.24. The number of nitriles is 1. The quantitative estimate of drug-likeness (QED) is 0.344. The van der Waals surface area contributed by atoms with Crippen LogP contribution in [0, 0.1) is 23.2 Å². The van der Waals surface area contributed by atoms with E-state index in [1.807, 2.05) is 6.20 Å². The molecule has 0 saturated heterocycles. The zero-order valence-electron chi connectivity index (χ0n) is 21.8. The van der Waals surface area contributed by atoms with E-state index >= 15 is 0 Å². The van der Waals surface area contributed by atoms with Crippen molar-refractivity contribution in [1.82, 2.24) is 24.5 Å². The van der Waals surface area contributed by atoms with Crippen LogP contribution in [0.5, 0.6) is 0 Å². The Balaban J connectivity index is 1.58. The summed E-state index contributed by atoms with van der Waals surface area (Å²) in [5.41, 5.74) is 5.10. The van der Waals surface area contributed by atoms with Crippen molar-refractivity contribution in [3.8, 4) is 17.6 Å². The summed E-state index contributed by atoms with van der Waals surface area (Å²) >= 11 is 0. The van der Waals surface area contributed by atoms with E-state index in [0.29, 0.717) is 17.5 Å². The van der Waals surface area contributed by atoms with E-state index in [1.54, 1.807) is 5.57 Å². The molecule has 36 heavy (non-hydrogen) atoms. The Hall–Kier alpha value is -3.27. The van der Waals surface area contributed by atoms with Gasteiger partial charge in [0.2, 0.25) is 5.82 Å². The Kier molecular flexibility index (Phi) is 7.31. The van der Waals surface area contributed by atoms with Crippen molar-refractivity contribution in [2.24, 2.45) is 11.8 Å². The second-order valence-corrected chi connectivity index (χ2v) is 10.7. The average molecular weight is 484 g/mol. The predicted octanol–water partition coefficient (Wildman–Crippen LogP) is 6.62. The fourth-order valence-electron chi connectivity index (χ4n) is 5.37. The normalized spacial score (nSPS) is 18.2. The van der Waals surface area contributed by atoms with Crippen LogP contribution in [0.2, 0.25) is 0 Å². The first-order valence-electron chi connectivity index (χ1n) is 13.6. The van der Waals surface area contributed by atoms with E-state index in [-0.39, 0.29) is 5.82 Å². The van der Waals surface area contributed by atoms with Crippen molar-refractivity contribution in [2.45, 2.75) is 84.6 Å². The molecule has 7 heteroatoms. The van der Waals surface area contributed by atoms with Crippen LogP contribution in [0.1, 0.15) is 89.4 Å². The lowest BCUT2D eigenvalue weighted by Crippen LogP contribution is -2.18. The summed E-state index contributed by atoms with van der Waals surface area (Å²) in [4.78, 5) is 18.8. The Labute approximate surface area is 214 Å². The number of pyridine rings is 1. The van der Waals surface area contributed by atoms with Crippen LogP contribution in [0.15, 0.2) is 30.0 Å². The van der Waals surface area contributed by atoms with Crippen molar-refractivity contribution in [2.75, 3.05) is 11.9 Å². The molecule has 1 fully saturated rings. The summed E-state index contributed by atoms with van der Waals surface area (Å²) in [5.74, 6) is 3.40. The summed E-state index contributed by atoms with van der Waals surface area (Å²) < 4.78 is 2.27. The number of fused-ring (bicyclic) bond motifs is 1. The van der Waals surface area contributed by atoms with Gasteiger partial charge in [-0.2, -0.15) is 15.2 Å². The van der Waals surface area contributed by atoms with Gasteiger partial charge in [0.1, 0.15) is 17.3 Å². The molecule has 1 N–H and O–H groups in total. The van der Waals surface area contributed by atoms with Crippen LogP contribution in [-0.4, -0.2) is 31.0 Å². The molecule has 0 aromatic carbocycles. The molecule has 0 amide bonds. The Morgan fingerprint density at radius 3 is 2.69 bits per heavy atom. The lowest BCUT2D eigenvalue weighted by atomic mass is 9.83. The molecule has 0 aliphatic heterocycles. The van der Waals surface area contributed by atoms with Crippen molar-refractivity contribution in [1.29, 1.82) is 5.26 Å². The first-order valence-corrected chi connectivity index (χ1v) is 13.6. The highest BCUT2D eigenvalue weighted by molar-refractivity contribution is 5.87. The number of aromatic nitrogens is 5. The molecule has 2 aliphatic rings. The van der Waals surface area contributed by atoms with Crippen molar-refractivity contribution in [3.05, 3.63) is 41.4 Å². The van der Waals surface area contributed by atoms with E-state index in [0.717, 1.165) is 67.5 Å². The average Bonchev–Trinajstić information content (AvgIpc) is 3.24. The third-order valence-corrected chi connectivity index (χ3v) is 7.96. The maximum Gasteiger partial charge on any atom is 0.236 e. The standard InChI is InChI=1S/C29H37N7/c1-4-20-8-10-22(11-9-20)18-36-26-27(32-14-12-21-6-5-7-21)33-25(17-30)34-28(26)35-29(36)24-16-23(19(2)3)13-15-31-24/h8,13,15-16,19,21-22H,4-7,9-12,14,18H2,1-3H3,(H,32,33,34).